The van der Waals surface area contributed by atoms with Crippen LogP contribution in [0.15, 0.2) is 18.3 Å². The summed E-state index contributed by atoms with van der Waals surface area (Å²) in [5, 5.41) is 1.17. The maximum atomic E-state index is 5.08. The molecule has 0 spiro atoms. The van der Waals surface area contributed by atoms with Gasteiger partial charge in [-0.05, 0) is 24.1 Å². The summed E-state index contributed by atoms with van der Waals surface area (Å²) in [5.74, 6) is 0. The lowest BCUT2D eigenvalue weighted by atomic mass is 10.1. The Balaban J connectivity index is 2.34. The van der Waals surface area contributed by atoms with Gasteiger partial charge in [-0.25, -0.2) is 4.98 Å². The molecule has 0 aliphatic carbocycles. The van der Waals surface area contributed by atoms with Gasteiger partial charge in [-0.15, -0.1) is 0 Å². The van der Waals surface area contributed by atoms with Crippen LogP contribution in [0, 0.1) is 0 Å². The molecule has 2 rings (SSSR count). The van der Waals surface area contributed by atoms with Crippen LogP contribution in [0.5, 0.6) is 0 Å². The smallest absolute Gasteiger partial charge is 0.137 e. The average Bonchev–Trinajstić information content (AvgIpc) is 2.60. The first-order valence-electron chi connectivity index (χ1n) is 5.29. The highest BCUT2D eigenvalue weighted by Crippen LogP contribution is 2.16. The summed E-state index contributed by atoms with van der Waals surface area (Å²) >= 11 is 0. The molecular weight excluding hydrogens is 188 g/mol. The van der Waals surface area contributed by atoms with Crippen LogP contribution in [-0.4, -0.2) is 17.1 Å². The van der Waals surface area contributed by atoms with Crippen molar-refractivity contribution in [2.75, 3.05) is 7.11 Å². The number of aromatic amines is 1. The molecule has 1 N–H and O–H groups in total. The molecule has 0 amide bonds. The molecule has 0 atom stereocenters. The van der Waals surface area contributed by atoms with Gasteiger partial charge in [-0.2, -0.15) is 0 Å². The van der Waals surface area contributed by atoms with Crippen LogP contribution in [0.2, 0.25) is 0 Å². The SMILES string of the molecule is CCCc1cnc2[nH]c(COC)cc2c1. The normalized spacial score (nSPS) is 11.1. The number of nitrogens with zero attached hydrogens (tertiary/aromatic N) is 1. The summed E-state index contributed by atoms with van der Waals surface area (Å²) in [6, 6.07) is 4.30. The second-order valence-corrected chi connectivity index (χ2v) is 3.76. The van der Waals surface area contributed by atoms with Gasteiger partial charge < -0.3 is 9.72 Å². The second-order valence-electron chi connectivity index (χ2n) is 3.76. The Morgan fingerprint density at radius 2 is 2.27 bits per heavy atom. The van der Waals surface area contributed by atoms with Gasteiger partial charge in [0.15, 0.2) is 0 Å². The highest BCUT2D eigenvalue weighted by Gasteiger charge is 2.02. The van der Waals surface area contributed by atoms with Crippen molar-refractivity contribution < 1.29 is 4.74 Å². The third-order valence-corrected chi connectivity index (χ3v) is 2.42. The van der Waals surface area contributed by atoms with Crippen LogP contribution in [0.3, 0.4) is 0 Å². The Labute approximate surface area is 89.5 Å². The van der Waals surface area contributed by atoms with Crippen molar-refractivity contribution in [2.45, 2.75) is 26.4 Å². The molecule has 80 valence electrons. The van der Waals surface area contributed by atoms with E-state index < -0.39 is 0 Å². The number of hydrogen-bond donors (Lipinski definition) is 1. The number of fused-ring (bicyclic) bond motifs is 1. The van der Waals surface area contributed by atoms with Crippen LogP contribution in [0.1, 0.15) is 24.6 Å². The molecule has 2 aromatic heterocycles. The zero-order chi connectivity index (χ0) is 10.7. The molecule has 0 radical (unpaired) electrons. The van der Waals surface area contributed by atoms with E-state index in [1.54, 1.807) is 7.11 Å². The van der Waals surface area contributed by atoms with E-state index >= 15 is 0 Å². The van der Waals surface area contributed by atoms with Crippen molar-refractivity contribution in [1.29, 1.82) is 0 Å². The summed E-state index contributed by atoms with van der Waals surface area (Å²) < 4.78 is 5.08. The number of aryl methyl sites for hydroxylation is 1. The molecule has 0 saturated carbocycles. The molecule has 0 aliphatic rings. The molecule has 2 aromatic rings. The first kappa shape index (κ1) is 10.2. The predicted molar refractivity (Wildman–Crippen MR) is 60.8 cm³/mol. The lowest BCUT2D eigenvalue weighted by molar-refractivity contribution is 0.182. The van der Waals surface area contributed by atoms with E-state index in [1.165, 1.54) is 10.9 Å². The topological polar surface area (TPSA) is 37.9 Å². The monoisotopic (exact) mass is 204 g/mol. The Kier molecular flexibility index (Phi) is 3.02. The van der Waals surface area contributed by atoms with Gasteiger partial charge in [-0.1, -0.05) is 13.3 Å². The third-order valence-electron chi connectivity index (χ3n) is 2.42. The predicted octanol–water partition coefficient (Wildman–Crippen LogP) is 2.66. The van der Waals surface area contributed by atoms with Gasteiger partial charge in [0, 0.05) is 24.4 Å². The number of methoxy groups -OCH3 is 1. The lowest BCUT2D eigenvalue weighted by Gasteiger charge is -1.96. The van der Waals surface area contributed by atoms with Crippen LogP contribution >= 0.6 is 0 Å². The molecule has 2 heterocycles. The summed E-state index contributed by atoms with van der Waals surface area (Å²) in [6.45, 7) is 2.79. The van der Waals surface area contributed by atoms with Crippen LogP contribution in [-0.2, 0) is 17.8 Å². The number of H-pyrrole nitrogens is 1. The van der Waals surface area contributed by atoms with E-state index in [0.29, 0.717) is 6.61 Å². The number of ether oxygens (including phenoxy) is 1. The average molecular weight is 204 g/mol. The second kappa shape index (κ2) is 4.45. The molecule has 0 fully saturated rings. The molecule has 0 bridgehead atoms. The van der Waals surface area contributed by atoms with Crippen molar-refractivity contribution >= 4 is 11.0 Å². The number of rotatable bonds is 4. The maximum absolute atomic E-state index is 5.08. The fourth-order valence-electron chi connectivity index (χ4n) is 1.78. The fraction of sp³-hybridized carbons (Fsp3) is 0.417. The third kappa shape index (κ3) is 2.18. The Morgan fingerprint density at radius 1 is 1.40 bits per heavy atom. The Bertz CT molecular complexity index is 444. The van der Waals surface area contributed by atoms with Crippen LogP contribution in [0.25, 0.3) is 11.0 Å². The number of aromatic nitrogens is 2. The molecule has 0 unspecified atom stereocenters. The van der Waals surface area contributed by atoms with Crippen LogP contribution in [0.4, 0.5) is 0 Å². The van der Waals surface area contributed by atoms with Crippen molar-refractivity contribution in [1.82, 2.24) is 9.97 Å². The molecule has 0 saturated heterocycles. The van der Waals surface area contributed by atoms with Gasteiger partial charge in [-0.3, -0.25) is 0 Å². The van der Waals surface area contributed by atoms with Crippen molar-refractivity contribution in [3.05, 3.63) is 29.6 Å². The van der Waals surface area contributed by atoms with Gasteiger partial charge in [0.05, 0.1) is 6.61 Å². The summed E-state index contributed by atoms with van der Waals surface area (Å²) in [7, 11) is 1.70. The molecular formula is C12H16N2O. The molecule has 0 aromatic carbocycles. The van der Waals surface area contributed by atoms with Crippen molar-refractivity contribution in [2.24, 2.45) is 0 Å². The van der Waals surface area contributed by atoms with E-state index in [1.807, 2.05) is 6.20 Å². The molecule has 0 aliphatic heterocycles. The van der Waals surface area contributed by atoms with Crippen LogP contribution < -0.4 is 0 Å². The number of pyridine rings is 1. The van der Waals surface area contributed by atoms with E-state index in [2.05, 4.69) is 29.0 Å². The number of hydrogen-bond acceptors (Lipinski definition) is 2. The van der Waals surface area contributed by atoms with E-state index in [9.17, 15) is 0 Å². The zero-order valence-corrected chi connectivity index (χ0v) is 9.21. The van der Waals surface area contributed by atoms with Gasteiger partial charge in [0.1, 0.15) is 5.65 Å². The first-order chi connectivity index (χ1) is 7.33. The van der Waals surface area contributed by atoms with E-state index in [4.69, 9.17) is 4.74 Å². The standard InChI is InChI=1S/C12H16N2O/c1-3-4-9-5-10-6-11(8-15-2)14-12(10)13-7-9/h5-7H,3-4,8H2,1-2H3,(H,13,14). The summed E-state index contributed by atoms with van der Waals surface area (Å²) in [6.07, 6.45) is 4.19. The Morgan fingerprint density at radius 3 is 3.00 bits per heavy atom. The van der Waals surface area contributed by atoms with E-state index in [-0.39, 0.29) is 0 Å². The Hall–Kier alpha value is -1.35. The molecule has 15 heavy (non-hydrogen) atoms. The van der Waals surface area contributed by atoms with Crippen molar-refractivity contribution in [3.63, 3.8) is 0 Å². The first-order valence-corrected chi connectivity index (χ1v) is 5.29. The zero-order valence-electron chi connectivity index (χ0n) is 9.21. The molecule has 3 heteroatoms. The minimum Gasteiger partial charge on any atom is -0.378 e. The highest BCUT2D eigenvalue weighted by atomic mass is 16.5. The van der Waals surface area contributed by atoms with Gasteiger partial charge in [0.2, 0.25) is 0 Å². The maximum Gasteiger partial charge on any atom is 0.137 e. The summed E-state index contributed by atoms with van der Waals surface area (Å²) in [4.78, 5) is 7.62. The minimum absolute atomic E-state index is 0.611. The molecule has 3 nitrogen and oxygen atoms in total. The largest absolute Gasteiger partial charge is 0.378 e. The quantitative estimate of drug-likeness (QED) is 0.831. The minimum atomic E-state index is 0.611. The van der Waals surface area contributed by atoms with Crippen molar-refractivity contribution in [3.8, 4) is 0 Å². The fourth-order valence-corrected chi connectivity index (χ4v) is 1.78. The summed E-state index contributed by atoms with van der Waals surface area (Å²) in [5.41, 5.74) is 3.32. The number of nitrogens with one attached hydrogen (secondary N) is 1. The highest BCUT2D eigenvalue weighted by molar-refractivity contribution is 5.77. The van der Waals surface area contributed by atoms with Gasteiger partial charge >= 0.3 is 0 Å². The van der Waals surface area contributed by atoms with E-state index in [0.717, 1.165) is 24.2 Å². The van der Waals surface area contributed by atoms with Gasteiger partial charge in [0.25, 0.3) is 0 Å². The lowest BCUT2D eigenvalue weighted by Crippen LogP contribution is -1.86.